The first-order valence-corrected chi connectivity index (χ1v) is 9.28. The molecular formula is C17H22Cl2N6O. The number of aryl methyl sites for hydroxylation is 1. The Morgan fingerprint density at radius 3 is 2.58 bits per heavy atom. The van der Waals surface area contributed by atoms with Gasteiger partial charge in [-0.3, -0.25) is 0 Å². The van der Waals surface area contributed by atoms with E-state index in [1.807, 2.05) is 0 Å². The third kappa shape index (κ3) is 5.09. The minimum absolute atomic E-state index is 0.259. The summed E-state index contributed by atoms with van der Waals surface area (Å²) in [5, 5.41) is 0.988. The lowest BCUT2D eigenvalue weighted by atomic mass is 10.3. The largest absolute Gasteiger partial charge is 0.494 e. The second-order valence-electron chi connectivity index (χ2n) is 6.23. The first-order chi connectivity index (χ1) is 12.5. The van der Waals surface area contributed by atoms with Crippen molar-refractivity contribution >= 4 is 35.1 Å². The van der Waals surface area contributed by atoms with Gasteiger partial charge in [0.25, 0.3) is 0 Å². The zero-order valence-electron chi connectivity index (χ0n) is 14.7. The Morgan fingerprint density at radius 2 is 1.85 bits per heavy atom. The normalized spacial score (nSPS) is 15.3. The highest BCUT2D eigenvalue weighted by atomic mass is 35.5. The van der Waals surface area contributed by atoms with Crippen LogP contribution in [0.3, 0.4) is 0 Å². The van der Waals surface area contributed by atoms with Crippen LogP contribution in [0.4, 0.5) is 11.9 Å². The van der Waals surface area contributed by atoms with E-state index < -0.39 is 0 Å². The van der Waals surface area contributed by atoms with Gasteiger partial charge in [0.1, 0.15) is 11.6 Å². The van der Waals surface area contributed by atoms with Crippen molar-refractivity contribution in [2.24, 2.45) is 0 Å². The molecule has 0 atom stereocenters. The number of likely N-dealkylation sites (N-methyl/N-ethyl adjacent to an activating group) is 1. The molecule has 1 saturated heterocycles. The molecule has 0 bridgehead atoms. The predicted octanol–water partition coefficient (Wildman–Crippen LogP) is 2.52. The molecule has 1 aliphatic rings. The van der Waals surface area contributed by atoms with Gasteiger partial charge in [-0.1, -0.05) is 23.2 Å². The van der Waals surface area contributed by atoms with Crippen LogP contribution in [-0.2, 0) is 6.42 Å². The molecular weight excluding hydrogens is 375 g/mol. The van der Waals surface area contributed by atoms with Crippen molar-refractivity contribution in [2.45, 2.75) is 12.8 Å². The molecule has 3 rings (SSSR count). The van der Waals surface area contributed by atoms with E-state index in [0.717, 1.165) is 32.6 Å². The number of nitrogens with two attached hydrogens (primary N) is 1. The highest BCUT2D eigenvalue weighted by Gasteiger charge is 2.17. The average molecular weight is 397 g/mol. The van der Waals surface area contributed by atoms with Gasteiger partial charge in [0.05, 0.1) is 16.7 Å². The standard InChI is InChI=1S/C17H22Cl2N6O/c1-24-6-8-25(9-7-24)17-22-15(21-16(20)23-17)3-2-10-26-12-4-5-13(18)14(19)11-12/h4-5,11H,2-3,6-10H2,1H3,(H2,20,21,22,23). The Bertz CT molecular complexity index is 752. The zero-order chi connectivity index (χ0) is 18.5. The van der Waals surface area contributed by atoms with E-state index in [9.17, 15) is 0 Å². The van der Waals surface area contributed by atoms with E-state index in [2.05, 4.69) is 31.8 Å². The van der Waals surface area contributed by atoms with Crippen LogP contribution in [0, 0.1) is 0 Å². The van der Waals surface area contributed by atoms with Crippen LogP contribution in [0.5, 0.6) is 5.75 Å². The number of piperazine rings is 1. The van der Waals surface area contributed by atoms with Gasteiger partial charge in [0, 0.05) is 38.7 Å². The molecule has 9 heteroatoms. The van der Waals surface area contributed by atoms with Gasteiger partial charge in [-0.15, -0.1) is 0 Å². The molecule has 0 aliphatic carbocycles. The van der Waals surface area contributed by atoms with Crippen molar-refractivity contribution in [3.05, 3.63) is 34.1 Å². The van der Waals surface area contributed by atoms with Crippen molar-refractivity contribution in [1.82, 2.24) is 19.9 Å². The Kier molecular flexibility index (Phi) is 6.34. The summed E-state index contributed by atoms with van der Waals surface area (Å²) in [7, 11) is 2.11. The van der Waals surface area contributed by atoms with Gasteiger partial charge in [-0.05, 0) is 25.6 Å². The number of anilines is 2. The number of nitrogen functional groups attached to an aromatic ring is 1. The molecule has 1 aromatic carbocycles. The number of hydrogen-bond donors (Lipinski definition) is 1. The highest BCUT2D eigenvalue weighted by molar-refractivity contribution is 6.42. The summed E-state index contributed by atoms with van der Waals surface area (Å²) in [6.45, 7) is 4.27. The Morgan fingerprint density at radius 1 is 1.08 bits per heavy atom. The molecule has 0 radical (unpaired) electrons. The summed E-state index contributed by atoms with van der Waals surface area (Å²) in [5.41, 5.74) is 5.86. The quantitative estimate of drug-likeness (QED) is 0.751. The highest BCUT2D eigenvalue weighted by Crippen LogP contribution is 2.26. The Labute approximate surface area is 163 Å². The van der Waals surface area contributed by atoms with Crippen LogP contribution in [-0.4, -0.2) is 59.7 Å². The maximum atomic E-state index is 5.98. The minimum Gasteiger partial charge on any atom is -0.494 e. The van der Waals surface area contributed by atoms with E-state index in [4.69, 9.17) is 33.7 Å². The number of benzene rings is 1. The van der Waals surface area contributed by atoms with Crippen LogP contribution in [0.1, 0.15) is 12.2 Å². The summed E-state index contributed by atoms with van der Waals surface area (Å²) in [6, 6.07) is 5.21. The predicted molar refractivity (Wildman–Crippen MR) is 104 cm³/mol. The van der Waals surface area contributed by atoms with Gasteiger partial charge in [0.15, 0.2) is 0 Å². The van der Waals surface area contributed by atoms with Crippen molar-refractivity contribution in [3.63, 3.8) is 0 Å². The summed E-state index contributed by atoms with van der Waals surface area (Å²) in [5.74, 6) is 2.29. The first-order valence-electron chi connectivity index (χ1n) is 8.53. The smallest absolute Gasteiger partial charge is 0.230 e. The third-order valence-corrected chi connectivity index (χ3v) is 4.92. The molecule has 2 heterocycles. The average Bonchev–Trinajstić information content (AvgIpc) is 2.62. The minimum atomic E-state index is 0.259. The van der Waals surface area contributed by atoms with Crippen molar-refractivity contribution < 1.29 is 4.74 Å². The monoisotopic (exact) mass is 396 g/mol. The van der Waals surface area contributed by atoms with Gasteiger partial charge >= 0.3 is 0 Å². The Hall–Kier alpha value is -1.83. The lowest BCUT2D eigenvalue weighted by Crippen LogP contribution is -2.45. The number of ether oxygens (including phenoxy) is 1. The third-order valence-electron chi connectivity index (χ3n) is 4.18. The van der Waals surface area contributed by atoms with Crippen LogP contribution >= 0.6 is 23.2 Å². The van der Waals surface area contributed by atoms with Crippen LogP contribution in [0.25, 0.3) is 0 Å². The molecule has 0 unspecified atom stereocenters. The van der Waals surface area contributed by atoms with Crippen LogP contribution in [0.2, 0.25) is 10.0 Å². The molecule has 1 aromatic heterocycles. The van der Waals surface area contributed by atoms with E-state index in [1.54, 1.807) is 18.2 Å². The fourth-order valence-electron chi connectivity index (χ4n) is 2.67. The number of halogens is 2. The molecule has 1 fully saturated rings. The lowest BCUT2D eigenvalue weighted by Gasteiger charge is -2.32. The summed E-state index contributed by atoms with van der Waals surface area (Å²) in [4.78, 5) is 17.5. The molecule has 2 aromatic rings. The van der Waals surface area contributed by atoms with E-state index >= 15 is 0 Å². The maximum absolute atomic E-state index is 5.98. The number of rotatable bonds is 6. The van der Waals surface area contributed by atoms with Crippen molar-refractivity contribution in [1.29, 1.82) is 0 Å². The van der Waals surface area contributed by atoms with Crippen LogP contribution < -0.4 is 15.4 Å². The molecule has 0 spiro atoms. The van der Waals surface area contributed by atoms with Gasteiger partial charge in [-0.2, -0.15) is 15.0 Å². The Balaban J connectivity index is 1.53. The van der Waals surface area contributed by atoms with Crippen LogP contribution in [0.15, 0.2) is 18.2 Å². The number of nitrogens with zero attached hydrogens (tertiary/aromatic N) is 5. The fourth-order valence-corrected chi connectivity index (χ4v) is 2.96. The lowest BCUT2D eigenvalue weighted by molar-refractivity contribution is 0.308. The molecule has 0 saturated carbocycles. The molecule has 140 valence electrons. The molecule has 26 heavy (non-hydrogen) atoms. The second-order valence-corrected chi connectivity index (χ2v) is 7.04. The summed E-state index contributed by atoms with van der Waals surface area (Å²) < 4.78 is 5.69. The topological polar surface area (TPSA) is 80.4 Å². The van der Waals surface area contributed by atoms with Crippen molar-refractivity contribution in [3.8, 4) is 5.75 Å². The summed E-state index contributed by atoms with van der Waals surface area (Å²) >= 11 is 11.9. The van der Waals surface area contributed by atoms with Gasteiger partial charge in [-0.25, -0.2) is 0 Å². The molecule has 0 amide bonds. The van der Waals surface area contributed by atoms with Gasteiger partial charge < -0.3 is 20.3 Å². The number of aromatic nitrogens is 3. The molecule has 7 nitrogen and oxygen atoms in total. The SMILES string of the molecule is CN1CCN(c2nc(N)nc(CCCOc3ccc(Cl)c(Cl)c3)n2)CC1. The second kappa shape index (κ2) is 8.70. The fraction of sp³-hybridized carbons (Fsp3) is 0.471. The zero-order valence-corrected chi connectivity index (χ0v) is 16.2. The summed E-state index contributed by atoms with van der Waals surface area (Å²) in [6.07, 6.45) is 1.42. The first kappa shape index (κ1) is 18.9. The van der Waals surface area contributed by atoms with Gasteiger partial charge in [0.2, 0.25) is 11.9 Å². The van der Waals surface area contributed by atoms with E-state index in [1.165, 1.54) is 0 Å². The maximum Gasteiger partial charge on any atom is 0.230 e. The molecule has 1 aliphatic heterocycles. The van der Waals surface area contributed by atoms with E-state index in [0.29, 0.717) is 40.6 Å². The van der Waals surface area contributed by atoms with Crippen molar-refractivity contribution in [2.75, 3.05) is 50.5 Å². The number of hydrogen-bond acceptors (Lipinski definition) is 7. The molecule has 2 N–H and O–H groups in total. The van der Waals surface area contributed by atoms with E-state index in [-0.39, 0.29) is 5.95 Å².